The number of phosphoric acid groups is 1. The van der Waals surface area contributed by atoms with Crippen LogP contribution in [-0.4, -0.2) is 56.3 Å². The van der Waals surface area contributed by atoms with Crippen molar-refractivity contribution in [3.63, 3.8) is 0 Å². The number of hydrogen-bond donors (Lipinski definition) is 2. The number of carbonyl (C=O) groups is 2. The summed E-state index contributed by atoms with van der Waals surface area (Å²) in [6, 6.07) is 0. The molecular weight excluding hydrogens is 750 g/mol. The quantitative estimate of drug-likeness (QED) is 0.0267. The number of phosphoric ester groups is 1. The second-order valence-corrected chi connectivity index (χ2v) is 17.7. The molecule has 0 amide bonds. The second kappa shape index (κ2) is 45.0. The minimum Gasteiger partial charge on any atom is -0.462 e. The molecule has 0 saturated heterocycles. The standard InChI is InChI=1S/C48H92NO8P/c1-4-6-8-10-12-14-16-18-20-21-22-23-24-25-27-28-30-32-34-36-38-40-47(50)54-44-46(45-56-58(52,53)55-43-42-49-3)57-48(51)41-39-37-35-33-31-29-26-19-17-15-13-11-9-7-5-2/h15,17-18,20,46,49H,4-14,16,19,21-45H2,1-3H3,(H,52,53)/b17-15-,20-18-. The summed E-state index contributed by atoms with van der Waals surface area (Å²) in [5, 5.41) is 2.83. The van der Waals surface area contributed by atoms with Crippen molar-refractivity contribution in [1.29, 1.82) is 0 Å². The Labute approximate surface area is 357 Å². The van der Waals surface area contributed by atoms with E-state index >= 15 is 0 Å². The van der Waals surface area contributed by atoms with E-state index < -0.39 is 26.5 Å². The molecule has 0 fully saturated rings. The zero-order chi connectivity index (χ0) is 42.5. The lowest BCUT2D eigenvalue weighted by molar-refractivity contribution is -0.161. The molecule has 0 bridgehead atoms. The third kappa shape index (κ3) is 44.1. The SMILES string of the molecule is CCCCCC/C=C\CCCCCCCCCC(=O)OC(COC(=O)CCCCCCCCCCCCC/C=C\CCCCCCCC)COP(=O)(O)OCCNC. The van der Waals surface area contributed by atoms with Gasteiger partial charge in [0.1, 0.15) is 6.61 Å². The van der Waals surface area contributed by atoms with Crippen LogP contribution in [0.5, 0.6) is 0 Å². The lowest BCUT2D eigenvalue weighted by Gasteiger charge is -2.20. The second-order valence-electron chi connectivity index (χ2n) is 16.3. The number of hydrogen-bond acceptors (Lipinski definition) is 8. The molecule has 58 heavy (non-hydrogen) atoms. The molecule has 0 rings (SSSR count). The minimum atomic E-state index is -4.35. The topological polar surface area (TPSA) is 120 Å². The Morgan fingerprint density at radius 3 is 1.29 bits per heavy atom. The van der Waals surface area contributed by atoms with Gasteiger partial charge in [-0.15, -0.1) is 0 Å². The summed E-state index contributed by atoms with van der Waals surface area (Å²) in [6.07, 6.45) is 47.9. The molecule has 0 aromatic heterocycles. The maximum absolute atomic E-state index is 12.6. The Morgan fingerprint density at radius 2 is 0.879 bits per heavy atom. The Balaban J connectivity index is 4.11. The Kier molecular flexibility index (Phi) is 43.9. The highest BCUT2D eigenvalue weighted by molar-refractivity contribution is 7.47. The molecule has 0 heterocycles. The van der Waals surface area contributed by atoms with E-state index in [4.69, 9.17) is 18.5 Å². The van der Waals surface area contributed by atoms with Gasteiger partial charge in [-0.2, -0.15) is 0 Å². The van der Waals surface area contributed by atoms with Gasteiger partial charge in [0.05, 0.1) is 13.2 Å². The maximum atomic E-state index is 12.6. The minimum absolute atomic E-state index is 0.0162. The van der Waals surface area contributed by atoms with Crippen LogP contribution in [0.25, 0.3) is 0 Å². The van der Waals surface area contributed by atoms with Crippen LogP contribution in [-0.2, 0) is 32.7 Å². The van der Waals surface area contributed by atoms with E-state index in [-0.39, 0.29) is 32.0 Å². The first-order valence-corrected chi connectivity index (χ1v) is 25.8. The van der Waals surface area contributed by atoms with E-state index in [2.05, 4.69) is 43.5 Å². The van der Waals surface area contributed by atoms with Gasteiger partial charge in [0, 0.05) is 19.4 Å². The van der Waals surface area contributed by atoms with Crippen molar-refractivity contribution in [2.24, 2.45) is 0 Å². The molecule has 9 nitrogen and oxygen atoms in total. The molecule has 0 aliphatic heterocycles. The molecule has 0 saturated carbocycles. The molecule has 10 heteroatoms. The number of likely N-dealkylation sites (N-methyl/N-ethyl adjacent to an activating group) is 1. The lowest BCUT2D eigenvalue weighted by atomic mass is 10.0. The van der Waals surface area contributed by atoms with E-state index in [1.807, 2.05) is 0 Å². The highest BCUT2D eigenvalue weighted by Crippen LogP contribution is 2.43. The molecule has 0 aromatic rings. The fourth-order valence-corrected chi connectivity index (χ4v) is 7.59. The van der Waals surface area contributed by atoms with E-state index in [9.17, 15) is 19.0 Å². The van der Waals surface area contributed by atoms with E-state index in [0.717, 1.165) is 44.9 Å². The summed E-state index contributed by atoms with van der Waals surface area (Å²) in [5.74, 6) is -0.804. The number of unbranched alkanes of at least 4 members (excludes halogenated alkanes) is 28. The highest BCUT2D eigenvalue weighted by atomic mass is 31.2. The normalized spacial score (nSPS) is 13.4. The number of ether oxygens (including phenoxy) is 2. The van der Waals surface area contributed by atoms with Crippen LogP contribution in [0.1, 0.15) is 232 Å². The molecule has 0 aromatic carbocycles. The smallest absolute Gasteiger partial charge is 0.462 e. The summed E-state index contributed by atoms with van der Waals surface area (Å²) in [5.41, 5.74) is 0. The van der Waals surface area contributed by atoms with Crippen molar-refractivity contribution in [3.8, 4) is 0 Å². The number of esters is 2. The third-order valence-electron chi connectivity index (χ3n) is 10.5. The Bertz CT molecular complexity index is 1010. The van der Waals surface area contributed by atoms with Gasteiger partial charge in [-0.25, -0.2) is 4.57 Å². The Hall–Kier alpha value is -1.51. The third-order valence-corrected chi connectivity index (χ3v) is 11.5. The predicted molar refractivity (Wildman–Crippen MR) is 243 cm³/mol. The summed E-state index contributed by atoms with van der Waals surface area (Å²) >= 11 is 0. The van der Waals surface area contributed by atoms with Crippen LogP contribution < -0.4 is 5.32 Å². The van der Waals surface area contributed by atoms with E-state index in [1.165, 1.54) is 154 Å². The first-order chi connectivity index (χ1) is 28.3. The highest BCUT2D eigenvalue weighted by Gasteiger charge is 2.26. The predicted octanol–water partition coefficient (Wildman–Crippen LogP) is 14.2. The van der Waals surface area contributed by atoms with Crippen LogP contribution in [0.15, 0.2) is 24.3 Å². The van der Waals surface area contributed by atoms with E-state index in [1.54, 1.807) is 7.05 Å². The zero-order valence-corrected chi connectivity index (χ0v) is 38.9. The van der Waals surface area contributed by atoms with E-state index in [0.29, 0.717) is 13.0 Å². The van der Waals surface area contributed by atoms with Crippen LogP contribution >= 0.6 is 7.82 Å². The zero-order valence-electron chi connectivity index (χ0n) is 38.0. The fraction of sp³-hybridized carbons (Fsp3) is 0.875. The summed E-state index contributed by atoms with van der Waals surface area (Å²) in [7, 11) is -2.65. The van der Waals surface area contributed by atoms with Crippen molar-refractivity contribution in [2.75, 3.05) is 33.4 Å². The van der Waals surface area contributed by atoms with Crippen molar-refractivity contribution in [3.05, 3.63) is 24.3 Å². The van der Waals surface area contributed by atoms with Crippen LogP contribution in [0.3, 0.4) is 0 Å². The molecule has 0 aliphatic carbocycles. The number of carbonyl (C=O) groups excluding carboxylic acids is 2. The van der Waals surface area contributed by atoms with Gasteiger partial charge in [0.2, 0.25) is 0 Å². The maximum Gasteiger partial charge on any atom is 0.472 e. The Morgan fingerprint density at radius 1 is 0.517 bits per heavy atom. The molecule has 0 spiro atoms. The molecule has 342 valence electrons. The van der Waals surface area contributed by atoms with Gasteiger partial charge < -0.3 is 19.7 Å². The first kappa shape index (κ1) is 56.5. The number of rotatable bonds is 46. The molecule has 0 aliphatic rings. The molecule has 2 N–H and O–H groups in total. The van der Waals surface area contributed by atoms with Crippen molar-refractivity contribution in [2.45, 2.75) is 238 Å². The van der Waals surface area contributed by atoms with Gasteiger partial charge in [-0.1, -0.05) is 179 Å². The lowest BCUT2D eigenvalue weighted by Crippen LogP contribution is -2.29. The monoisotopic (exact) mass is 842 g/mol. The molecule has 2 unspecified atom stereocenters. The van der Waals surface area contributed by atoms with Crippen molar-refractivity contribution in [1.82, 2.24) is 5.32 Å². The van der Waals surface area contributed by atoms with Crippen LogP contribution in [0, 0.1) is 0 Å². The van der Waals surface area contributed by atoms with Gasteiger partial charge >= 0.3 is 19.8 Å². The van der Waals surface area contributed by atoms with Crippen molar-refractivity contribution < 1.29 is 37.6 Å². The summed E-state index contributed by atoms with van der Waals surface area (Å²) < 4.78 is 33.3. The molecule has 0 radical (unpaired) electrons. The van der Waals surface area contributed by atoms with Gasteiger partial charge in [0.15, 0.2) is 6.10 Å². The summed E-state index contributed by atoms with van der Waals surface area (Å²) in [6.45, 7) is 4.23. The van der Waals surface area contributed by atoms with Gasteiger partial charge in [-0.3, -0.25) is 18.6 Å². The fourth-order valence-electron chi connectivity index (χ4n) is 6.84. The van der Waals surface area contributed by atoms with Crippen molar-refractivity contribution >= 4 is 19.8 Å². The average Bonchev–Trinajstić information content (AvgIpc) is 3.21. The van der Waals surface area contributed by atoms with Gasteiger partial charge in [-0.05, 0) is 71.3 Å². The molecular formula is C48H92NO8P. The number of nitrogens with one attached hydrogen (secondary N) is 1. The summed E-state index contributed by atoms with van der Waals surface area (Å²) in [4.78, 5) is 35.2. The average molecular weight is 842 g/mol. The first-order valence-electron chi connectivity index (χ1n) is 24.3. The number of allylic oxidation sites excluding steroid dienone is 4. The molecule has 2 atom stereocenters. The van der Waals surface area contributed by atoms with Gasteiger partial charge in [0.25, 0.3) is 0 Å². The van der Waals surface area contributed by atoms with Crippen LogP contribution in [0.2, 0.25) is 0 Å². The largest absolute Gasteiger partial charge is 0.472 e. The van der Waals surface area contributed by atoms with Crippen LogP contribution in [0.4, 0.5) is 0 Å².